The van der Waals surface area contributed by atoms with Crippen LogP contribution < -0.4 is 4.74 Å². The van der Waals surface area contributed by atoms with E-state index in [1.165, 1.54) is 13.8 Å². The van der Waals surface area contributed by atoms with Gasteiger partial charge in [0.25, 0.3) is 0 Å². The number of ketones is 1. The number of rotatable bonds is 7. The number of Topliss-reactive ketones (excluding diaryl/α,β-unsaturated/α-hetero) is 1. The molecule has 0 N–H and O–H groups in total. The number of hydrogen-bond acceptors (Lipinski definition) is 9. The normalized spacial score (nSPS) is 22.6. The van der Waals surface area contributed by atoms with Gasteiger partial charge in [-0.2, -0.15) is 0 Å². The standard InChI is InChI=1S/C28H29ClO9/c1-15(30)35-14-24-27(36-16(2)31)25(33)28(37-17(3)32)26(38-24)20-7-8-22(29)21(13-20)12-18-6-9-23-19(11-18)5-4-10-34-23/h6-9,11,13,24,26-28H,4-5,10,12,14H2,1-3H3/t24-,26+,27-,28-/m1/s1. The Hall–Kier alpha value is -3.43. The molecule has 38 heavy (non-hydrogen) atoms. The molecule has 0 amide bonds. The third-order valence-corrected chi connectivity index (χ3v) is 6.67. The third kappa shape index (κ3) is 6.52. The van der Waals surface area contributed by atoms with Crippen LogP contribution in [-0.2, 0) is 51.0 Å². The van der Waals surface area contributed by atoms with E-state index in [2.05, 4.69) is 6.07 Å². The SMILES string of the molecule is CC(=O)OC[C@H]1O[C@@H](c2ccc(Cl)c(Cc3ccc4c(c3)CCCO4)c2)[C@H](OC(C)=O)C(=O)[C@@H]1OC(C)=O. The van der Waals surface area contributed by atoms with Gasteiger partial charge in [0.2, 0.25) is 5.78 Å². The highest BCUT2D eigenvalue weighted by Gasteiger charge is 2.49. The zero-order valence-electron chi connectivity index (χ0n) is 21.4. The van der Waals surface area contributed by atoms with Crippen LogP contribution in [0.2, 0.25) is 5.02 Å². The summed E-state index contributed by atoms with van der Waals surface area (Å²) in [7, 11) is 0. The molecule has 2 aromatic rings. The van der Waals surface area contributed by atoms with Crippen molar-refractivity contribution in [2.75, 3.05) is 13.2 Å². The van der Waals surface area contributed by atoms with Gasteiger partial charge in [0.15, 0.2) is 12.2 Å². The van der Waals surface area contributed by atoms with Gasteiger partial charge < -0.3 is 23.7 Å². The van der Waals surface area contributed by atoms with E-state index in [1.807, 2.05) is 12.1 Å². The van der Waals surface area contributed by atoms with Crippen molar-refractivity contribution in [2.24, 2.45) is 0 Å². The number of esters is 3. The first kappa shape index (κ1) is 27.6. The zero-order valence-corrected chi connectivity index (χ0v) is 22.1. The van der Waals surface area contributed by atoms with Crippen molar-refractivity contribution in [3.63, 3.8) is 0 Å². The summed E-state index contributed by atoms with van der Waals surface area (Å²) in [4.78, 5) is 48.4. The van der Waals surface area contributed by atoms with Crippen LogP contribution in [0.25, 0.3) is 0 Å². The summed E-state index contributed by atoms with van der Waals surface area (Å²) in [6.07, 6.45) is -2.56. The van der Waals surface area contributed by atoms with E-state index in [0.29, 0.717) is 23.6 Å². The van der Waals surface area contributed by atoms with Crippen molar-refractivity contribution in [1.29, 1.82) is 0 Å². The predicted octanol–water partition coefficient (Wildman–Crippen LogP) is 3.69. The van der Waals surface area contributed by atoms with Gasteiger partial charge in [-0.3, -0.25) is 19.2 Å². The molecule has 0 spiro atoms. The molecule has 202 valence electrons. The summed E-state index contributed by atoms with van der Waals surface area (Å²) in [5.41, 5.74) is 3.48. The molecule has 1 fully saturated rings. The van der Waals surface area contributed by atoms with Crippen LogP contribution in [0, 0.1) is 0 Å². The molecule has 2 aliphatic rings. The van der Waals surface area contributed by atoms with E-state index in [4.69, 9.17) is 35.3 Å². The number of aryl methyl sites for hydroxylation is 1. The maximum Gasteiger partial charge on any atom is 0.303 e. The summed E-state index contributed by atoms with van der Waals surface area (Å²) < 4.78 is 27.4. The molecule has 0 unspecified atom stereocenters. The summed E-state index contributed by atoms with van der Waals surface area (Å²) in [6.45, 7) is 3.90. The first-order valence-corrected chi connectivity index (χ1v) is 12.7. The van der Waals surface area contributed by atoms with Gasteiger partial charge in [0.1, 0.15) is 24.6 Å². The molecule has 9 nitrogen and oxygen atoms in total. The Morgan fingerprint density at radius 1 is 0.974 bits per heavy atom. The molecule has 2 aromatic carbocycles. The monoisotopic (exact) mass is 544 g/mol. The third-order valence-electron chi connectivity index (χ3n) is 6.30. The second-order valence-electron chi connectivity index (χ2n) is 9.28. The Labute approximate surface area is 225 Å². The number of fused-ring (bicyclic) bond motifs is 1. The van der Waals surface area contributed by atoms with Gasteiger partial charge in [-0.15, -0.1) is 0 Å². The average Bonchev–Trinajstić information content (AvgIpc) is 2.86. The maximum absolute atomic E-state index is 13.4. The van der Waals surface area contributed by atoms with Crippen LogP contribution in [-0.4, -0.2) is 55.2 Å². The van der Waals surface area contributed by atoms with E-state index in [9.17, 15) is 19.2 Å². The highest BCUT2D eigenvalue weighted by molar-refractivity contribution is 6.31. The Morgan fingerprint density at radius 2 is 1.71 bits per heavy atom. The van der Waals surface area contributed by atoms with Crippen LogP contribution in [0.15, 0.2) is 36.4 Å². The van der Waals surface area contributed by atoms with Crippen LogP contribution in [0.3, 0.4) is 0 Å². The van der Waals surface area contributed by atoms with Gasteiger partial charge in [-0.1, -0.05) is 35.9 Å². The second kappa shape index (κ2) is 12.0. The quantitative estimate of drug-likeness (QED) is 0.380. The molecule has 2 aliphatic heterocycles. The molecule has 0 saturated carbocycles. The lowest BCUT2D eigenvalue weighted by atomic mass is 9.90. The van der Waals surface area contributed by atoms with Crippen molar-refractivity contribution in [3.05, 3.63) is 63.7 Å². The summed E-state index contributed by atoms with van der Waals surface area (Å²) in [5.74, 6) is -1.81. The predicted molar refractivity (Wildman–Crippen MR) is 135 cm³/mol. The molecule has 0 aromatic heterocycles. The number of hydrogen-bond donors (Lipinski definition) is 0. The lowest BCUT2D eigenvalue weighted by Crippen LogP contribution is -2.55. The molecular formula is C28H29ClO9. The van der Waals surface area contributed by atoms with Crippen molar-refractivity contribution in [3.8, 4) is 5.75 Å². The molecule has 0 bridgehead atoms. The number of carbonyl (C=O) groups excluding carboxylic acids is 4. The van der Waals surface area contributed by atoms with Gasteiger partial charge in [0.05, 0.1) is 6.61 Å². The Balaban J connectivity index is 1.66. The second-order valence-corrected chi connectivity index (χ2v) is 9.69. The zero-order chi connectivity index (χ0) is 27.4. The minimum absolute atomic E-state index is 0.333. The first-order valence-electron chi connectivity index (χ1n) is 12.3. The Morgan fingerprint density at radius 3 is 2.42 bits per heavy atom. The molecule has 0 radical (unpaired) electrons. The summed E-state index contributed by atoms with van der Waals surface area (Å²) in [6, 6.07) is 11.2. The molecule has 1 saturated heterocycles. The fourth-order valence-electron chi connectivity index (χ4n) is 4.67. The van der Waals surface area contributed by atoms with Gasteiger partial charge in [-0.05, 0) is 53.6 Å². The van der Waals surface area contributed by atoms with Crippen molar-refractivity contribution < 1.29 is 42.9 Å². The van der Waals surface area contributed by atoms with Crippen LogP contribution >= 0.6 is 11.6 Å². The highest BCUT2D eigenvalue weighted by Crippen LogP contribution is 2.36. The fraction of sp³-hybridized carbons (Fsp3) is 0.429. The van der Waals surface area contributed by atoms with Crippen molar-refractivity contribution in [2.45, 2.75) is 64.4 Å². The topological polar surface area (TPSA) is 114 Å². The van der Waals surface area contributed by atoms with Crippen LogP contribution in [0.1, 0.15) is 55.5 Å². The van der Waals surface area contributed by atoms with E-state index in [0.717, 1.165) is 42.2 Å². The van der Waals surface area contributed by atoms with E-state index in [-0.39, 0.29) is 6.61 Å². The molecular weight excluding hydrogens is 516 g/mol. The van der Waals surface area contributed by atoms with Gasteiger partial charge >= 0.3 is 17.9 Å². The first-order chi connectivity index (χ1) is 18.1. The fourth-order valence-corrected chi connectivity index (χ4v) is 4.85. The van der Waals surface area contributed by atoms with E-state index < -0.39 is 48.1 Å². The highest BCUT2D eigenvalue weighted by atomic mass is 35.5. The molecule has 4 rings (SSSR count). The number of carbonyl (C=O) groups is 4. The van der Waals surface area contributed by atoms with Gasteiger partial charge in [-0.25, -0.2) is 0 Å². The smallest absolute Gasteiger partial charge is 0.303 e. The lowest BCUT2D eigenvalue weighted by molar-refractivity contribution is -0.210. The minimum atomic E-state index is -1.42. The van der Waals surface area contributed by atoms with Gasteiger partial charge in [0, 0.05) is 25.8 Å². The van der Waals surface area contributed by atoms with Crippen molar-refractivity contribution >= 4 is 35.3 Å². The molecule has 2 heterocycles. The number of benzene rings is 2. The Kier molecular flexibility index (Phi) is 8.69. The van der Waals surface area contributed by atoms with Crippen LogP contribution in [0.4, 0.5) is 0 Å². The summed E-state index contributed by atoms with van der Waals surface area (Å²) in [5, 5.41) is 0.517. The molecule has 10 heteroatoms. The minimum Gasteiger partial charge on any atom is -0.493 e. The largest absolute Gasteiger partial charge is 0.493 e. The maximum atomic E-state index is 13.4. The van der Waals surface area contributed by atoms with Crippen molar-refractivity contribution in [1.82, 2.24) is 0 Å². The average molecular weight is 545 g/mol. The number of ether oxygens (including phenoxy) is 5. The van der Waals surface area contributed by atoms with E-state index >= 15 is 0 Å². The lowest BCUT2D eigenvalue weighted by Gasteiger charge is -2.39. The van der Waals surface area contributed by atoms with E-state index in [1.54, 1.807) is 18.2 Å². The van der Waals surface area contributed by atoms with Crippen LogP contribution in [0.5, 0.6) is 5.75 Å². The molecule has 4 atom stereocenters. The summed E-state index contributed by atoms with van der Waals surface area (Å²) >= 11 is 6.54. The molecule has 0 aliphatic carbocycles. The number of halogens is 1. The Bertz CT molecular complexity index is 1240.